The molecule has 0 radical (unpaired) electrons. The maximum atomic E-state index is 12.5. The Balaban J connectivity index is 3.09. The van der Waals surface area contributed by atoms with E-state index in [0.717, 1.165) is 4.90 Å². The second-order valence-corrected chi connectivity index (χ2v) is 4.06. The number of aromatic nitrogens is 2. The molecule has 102 valence electrons. The van der Waals surface area contributed by atoms with E-state index in [1.165, 1.54) is 6.07 Å². The quantitative estimate of drug-likeness (QED) is 0.868. The molecule has 0 bridgehead atoms. The molecule has 1 heterocycles. The molecule has 18 heavy (non-hydrogen) atoms. The van der Waals surface area contributed by atoms with Crippen molar-refractivity contribution in [2.75, 3.05) is 29.5 Å². The fraction of sp³-hybridized carbons (Fsp3) is 0.600. The summed E-state index contributed by atoms with van der Waals surface area (Å²) in [6.45, 7) is 2.23. The summed E-state index contributed by atoms with van der Waals surface area (Å²) < 4.78 is 37.5. The van der Waals surface area contributed by atoms with Crippen LogP contribution >= 0.6 is 0 Å². The molecule has 0 atom stereocenters. The van der Waals surface area contributed by atoms with Crippen LogP contribution in [0.3, 0.4) is 0 Å². The molecule has 0 saturated heterocycles. The van der Waals surface area contributed by atoms with E-state index in [9.17, 15) is 13.2 Å². The Bertz CT molecular complexity index is 405. The molecule has 1 rings (SSSR count). The highest BCUT2D eigenvalue weighted by atomic mass is 19.4. The minimum Gasteiger partial charge on any atom is -0.373 e. The van der Waals surface area contributed by atoms with Crippen LogP contribution in [-0.4, -0.2) is 35.8 Å². The Hall–Kier alpha value is -1.73. The average Bonchev–Trinajstić information content (AvgIpc) is 2.23. The summed E-state index contributed by atoms with van der Waals surface area (Å²) in [5.41, 5.74) is 5.47. The van der Waals surface area contributed by atoms with Crippen LogP contribution < -0.4 is 16.0 Å². The Morgan fingerprint density at radius 3 is 2.44 bits per heavy atom. The first-order chi connectivity index (χ1) is 8.23. The minimum atomic E-state index is -4.30. The second kappa shape index (κ2) is 5.28. The van der Waals surface area contributed by atoms with E-state index in [0.29, 0.717) is 5.82 Å². The van der Waals surface area contributed by atoms with E-state index in [1.54, 1.807) is 20.9 Å². The molecule has 1 aromatic rings. The molecule has 5 nitrogen and oxygen atoms in total. The van der Waals surface area contributed by atoms with Gasteiger partial charge in [0.2, 0.25) is 5.95 Å². The fourth-order valence-electron chi connectivity index (χ4n) is 1.45. The number of anilines is 3. The van der Waals surface area contributed by atoms with Crippen molar-refractivity contribution in [1.82, 2.24) is 9.97 Å². The Morgan fingerprint density at radius 2 is 2.00 bits per heavy atom. The number of nitrogens with two attached hydrogens (primary N) is 1. The maximum Gasteiger partial charge on any atom is 0.405 e. The molecule has 0 saturated carbocycles. The van der Waals surface area contributed by atoms with Gasteiger partial charge in [-0.25, -0.2) is 0 Å². The van der Waals surface area contributed by atoms with E-state index >= 15 is 0 Å². The van der Waals surface area contributed by atoms with Crippen LogP contribution in [0.25, 0.3) is 0 Å². The zero-order valence-corrected chi connectivity index (χ0v) is 10.4. The van der Waals surface area contributed by atoms with Gasteiger partial charge >= 0.3 is 6.18 Å². The van der Waals surface area contributed by atoms with Gasteiger partial charge in [-0.15, -0.1) is 0 Å². The molecule has 1 aromatic heterocycles. The first-order valence-electron chi connectivity index (χ1n) is 5.38. The number of nitrogens with one attached hydrogen (secondary N) is 1. The molecule has 0 amide bonds. The maximum absolute atomic E-state index is 12.5. The van der Waals surface area contributed by atoms with Gasteiger partial charge in [-0.2, -0.15) is 23.1 Å². The van der Waals surface area contributed by atoms with Crippen LogP contribution in [0.2, 0.25) is 0 Å². The SMILES string of the molecule is CNc1cc(N(CC(F)(F)F)C(C)C)nc(N)n1. The van der Waals surface area contributed by atoms with Crippen molar-refractivity contribution in [2.45, 2.75) is 26.1 Å². The molecule has 0 unspecified atom stereocenters. The lowest BCUT2D eigenvalue weighted by Gasteiger charge is -2.29. The number of rotatable bonds is 4. The third-order valence-corrected chi connectivity index (χ3v) is 2.25. The number of hydrogen-bond acceptors (Lipinski definition) is 5. The number of nitrogen functional groups attached to an aromatic ring is 1. The van der Waals surface area contributed by atoms with Crippen LogP contribution in [0.15, 0.2) is 6.07 Å². The predicted molar refractivity (Wildman–Crippen MR) is 64.5 cm³/mol. The lowest BCUT2D eigenvalue weighted by molar-refractivity contribution is -0.120. The molecule has 0 aliphatic rings. The number of nitrogens with zero attached hydrogens (tertiary/aromatic N) is 3. The van der Waals surface area contributed by atoms with Crippen LogP contribution in [-0.2, 0) is 0 Å². The lowest BCUT2D eigenvalue weighted by Crippen LogP contribution is -2.39. The first-order valence-corrected chi connectivity index (χ1v) is 5.38. The van der Waals surface area contributed by atoms with Gasteiger partial charge in [0.05, 0.1) is 0 Å². The van der Waals surface area contributed by atoms with E-state index < -0.39 is 12.7 Å². The zero-order chi connectivity index (χ0) is 13.9. The largest absolute Gasteiger partial charge is 0.405 e. The summed E-state index contributed by atoms with van der Waals surface area (Å²) in [6, 6.07) is 1.08. The van der Waals surface area contributed by atoms with Crippen molar-refractivity contribution >= 4 is 17.6 Å². The lowest BCUT2D eigenvalue weighted by atomic mass is 10.3. The van der Waals surface area contributed by atoms with Crippen molar-refractivity contribution in [3.05, 3.63) is 6.07 Å². The molecule has 3 N–H and O–H groups in total. The van der Waals surface area contributed by atoms with E-state index in [4.69, 9.17) is 5.73 Å². The fourth-order valence-corrected chi connectivity index (χ4v) is 1.45. The Morgan fingerprint density at radius 1 is 1.39 bits per heavy atom. The molecule has 0 aliphatic heterocycles. The molecule has 8 heteroatoms. The number of hydrogen-bond donors (Lipinski definition) is 2. The normalized spacial score (nSPS) is 11.7. The van der Waals surface area contributed by atoms with Gasteiger partial charge in [0, 0.05) is 19.2 Å². The minimum absolute atomic E-state index is 0.0651. The number of halogens is 3. The monoisotopic (exact) mass is 263 g/mol. The third kappa shape index (κ3) is 3.94. The van der Waals surface area contributed by atoms with Gasteiger partial charge in [-0.1, -0.05) is 0 Å². The Kier molecular flexibility index (Phi) is 4.20. The first kappa shape index (κ1) is 14.3. The van der Waals surface area contributed by atoms with Gasteiger partial charge in [0.25, 0.3) is 0 Å². The second-order valence-electron chi connectivity index (χ2n) is 4.06. The summed E-state index contributed by atoms with van der Waals surface area (Å²) in [5.74, 6) is 0.467. The summed E-state index contributed by atoms with van der Waals surface area (Å²) in [7, 11) is 1.61. The summed E-state index contributed by atoms with van der Waals surface area (Å²) in [5, 5.41) is 2.73. The molecule has 0 spiro atoms. The smallest absolute Gasteiger partial charge is 0.373 e. The number of alkyl halides is 3. The van der Waals surface area contributed by atoms with Gasteiger partial charge in [-0.05, 0) is 13.8 Å². The Labute approximate surface area is 103 Å². The summed E-state index contributed by atoms with van der Waals surface area (Å²) in [4.78, 5) is 8.80. The summed E-state index contributed by atoms with van der Waals surface area (Å²) >= 11 is 0. The van der Waals surface area contributed by atoms with Crippen molar-refractivity contribution in [1.29, 1.82) is 0 Å². The third-order valence-electron chi connectivity index (χ3n) is 2.25. The molecular formula is C10H16F3N5. The van der Waals surface area contributed by atoms with Gasteiger partial charge in [-0.3, -0.25) is 0 Å². The zero-order valence-electron chi connectivity index (χ0n) is 10.4. The van der Waals surface area contributed by atoms with Gasteiger partial charge in [0.1, 0.15) is 18.2 Å². The summed E-state index contributed by atoms with van der Waals surface area (Å²) in [6.07, 6.45) is -4.30. The van der Waals surface area contributed by atoms with Crippen LogP contribution in [0.4, 0.5) is 30.8 Å². The van der Waals surface area contributed by atoms with Crippen molar-refractivity contribution in [3.63, 3.8) is 0 Å². The van der Waals surface area contributed by atoms with E-state index in [-0.39, 0.29) is 17.8 Å². The van der Waals surface area contributed by atoms with Gasteiger partial charge in [0.15, 0.2) is 0 Å². The highest BCUT2D eigenvalue weighted by molar-refractivity contribution is 5.52. The van der Waals surface area contributed by atoms with Crippen molar-refractivity contribution < 1.29 is 13.2 Å². The highest BCUT2D eigenvalue weighted by Crippen LogP contribution is 2.24. The highest BCUT2D eigenvalue weighted by Gasteiger charge is 2.32. The van der Waals surface area contributed by atoms with Crippen molar-refractivity contribution in [3.8, 4) is 0 Å². The van der Waals surface area contributed by atoms with Gasteiger partial charge < -0.3 is 16.0 Å². The van der Waals surface area contributed by atoms with E-state index in [1.807, 2.05) is 0 Å². The molecule has 0 aliphatic carbocycles. The van der Waals surface area contributed by atoms with Crippen LogP contribution in [0, 0.1) is 0 Å². The van der Waals surface area contributed by atoms with Crippen LogP contribution in [0.5, 0.6) is 0 Å². The van der Waals surface area contributed by atoms with Crippen LogP contribution in [0.1, 0.15) is 13.8 Å². The van der Waals surface area contributed by atoms with E-state index in [2.05, 4.69) is 15.3 Å². The topological polar surface area (TPSA) is 67.1 Å². The molecule has 0 aromatic carbocycles. The standard InChI is InChI=1S/C10H16F3N5/c1-6(2)18(5-10(11,12)13)8-4-7(15-3)16-9(14)17-8/h4,6H,5H2,1-3H3,(H3,14,15,16,17). The van der Waals surface area contributed by atoms with Crippen molar-refractivity contribution in [2.24, 2.45) is 0 Å². The predicted octanol–water partition coefficient (Wildman–Crippen LogP) is 1.88. The average molecular weight is 263 g/mol. The molecule has 0 fully saturated rings. The molecular weight excluding hydrogens is 247 g/mol.